The first-order valence-corrected chi connectivity index (χ1v) is 3.89. The van der Waals surface area contributed by atoms with E-state index in [-0.39, 0.29) is 18.0 Å². The normalized spacial score (nSPS) is 12.8. The molecule has 0 aliphatic carbocycles. The van der Waals surface area contributed by atoms with Crippen LogP contribution in [0.15, 0.2) is 24.3 Å². The average molecular weight is 257 g/mol. The van der Waals surface area contributed by atoms with Crippen LogP contribution in [0.2, 0.25) is 0 Å². The highest BCUT2D eigenvalue weighted by atomic mass is 35.5. The van der Waals surface area contributed by atoms with Crippen molar-refractivity contribution < 1.29 is 18.1 Å². The summed E-state index contributed by atoms with van der Waals surface area (Å²) in [5, 5.41) is 10.3. The Morgan fingerprint density at radius 1 is 1.38 bits per heavy atom. The van der Waals surface area contributed by atoms with E-state index in [1.807, 2.05) is 0 Å². The number of halogens is 4. The Kier molecular flexibility index (Phi) is 4.70. The maximum atomic E-state index is 12.2. The molecular weight excluding hydrogens is 249 g/mol. The van der Waals surface area contributed by atoms with Crippen molar-refractivity contribution in [1.82, 2.24) is 0 Å². The zero-order valence-corrected chi connectivity index (χ0v) is 8.59. The molecule has 16 heavy (non-hydrogen) atoms. The van der Waals surface area contributed by atoms with Crippen LogP contribution in [0.3, 0.4) is 0 Å². The molecule has 0 saturated heterocycles. The maximum Gasteiger partial charge on any atom is 0.407 e. The molecule has 4 nitrogen and oxygen atoms in total. The molecule has 0 aromatic heterocycles. The Hall–Kier alpha value is -1.34. The predicted octanol–water partition coefficient (Wildman–Crippen LogP) is 2.58. The number of hydrogen-bond acceptors (Lipinski definition) is 3. The minimum absolute atomic E-state index is 0. The molecule has 8 heteroatoms. The summed E-state index contributed by atoms with van der Waals surface area (Å²) in [4.78, 5) is 9.54. The van der Waals surface area contributed by atoms with Crippen molar-refractivity contribution in [1.29, 1.82) is 0 Å². The molecule has 1 rings (SSSR count). The lowest BCUT2D eigenvalue weighted by Gasteiger charge is -2.15. The number of nitro benzene ring substituents is 1. The van der Waals surface area contributed by atoms with E-state index in [9.17, 15) is 23.3 Å². The van der Waals surface area contributed by atoms with Crippen molar-refractivity contribution in [2.45, 2.75) is 12.2 Å². The van der Waals surface area contributed by atoms with E-state index in [0.29, 0.717) is 0 Å². The Balaban J connectivity index is 0.00000225. The quantitative estimate of drug-likeness (QED) is 0.653. The molecule has 0 saturated carbocycles. The monoisotopic (exact) mass is 256 g/mol. The van der Waals surface area contributed by atoms with Crippen LogP contribution in [0, 0.1) is 10.1 Å². The summed E-state index contributed by atoms with van der Waals surface area (Å²) < 4.78 is 36.5. The Morgan fingerprint density at radius 3 is 2.38 bits per heavy atom. The van der Waals surface area contributed by atoms with Crippen molar-refractivity contribution in [3.63, 3.8) is 0 Å². The van der Waals surface area contributed by atoms with Crippen molar-refractivity contribution >= 4 is 18.1 Å². The van der Waals surface area contributed by atoms with Gasteiger partial charge in [-0.05, 0) is 5.56 Å². The summed E-state index contributed by atoms with van der Waals surface area (Å²) >= 11 is 0. The van der Waals surface area contributed by atoms with Gasteiger partial charge in [-0.1, -0.05) is 12.1 Å². The Morgan fingerprint density at radius 2 is 1.94 bits per heavy atom. The number of non-ortho nitro benzene ring substituents is 1. The zero-order chi connectivity index (χ0) is 11.6. The van der Waals surface area contributed by atoms with E-state index in [1.165, 1.54) is 6.07 Å². The highest BCUT2D eigenvalue weighted by Crippen LogP contribution is 2.31. The summed E-state index contributed by atoms with van der Waals surface area (Å²) in [6.45, 7) is 0. The molecule has 90 valence electrons. The molecule has 1 aromatic rings. The lowest BCUT2D eigenvalue weighted by atomic mass is 10.1. The van der Waals surface area contributed by atoms with Gasteiger partial charge in [-0.3, -0.25) is 10.1 Å². The number of rotatable bonds is 2. The van der Waals surface area contributed by atoms with Crippen molar-refractivity contribution in [3.8, 4) is 0 Å². The minimum atomic E-state index is -4.60. The van der Waals surface area contributed by atoms with Crippen LogP contribution in [0.4, 0.5) is 18.9 Å². The van der Waals surface area contributed by atoms with Crippen LogP contribution < -0.4 is 5.73 Å². The molecule has 1 aromatic carbocycles. The van der Waals surface area contributed by atoms with Crippen LogP contribution in [0.5, 0.6) is 0 Å². The molecule has 0 bridgehead atoms. The summed E-state index contributed by atoms with van der Waals surface area (Å²) in [6, 6.07) is 1.99. The number of nitrogens with two attached hydrogens (primary N) is 1. The van der Waals surface area contributed by atoms with Gasteiger partial charge in [0.2, 0.25) is 0 Å². The Bertz CT molecular complexity index is 384. The molecule has 1 atom stereocenters. The van der Waals surface area contributed by atoms with Crippen LogP contribution in [-0.4, -0.2) is 11.1 Å². The highest BCUT2D eigenvalue weighted by molar-refractivity contribution is 5.85. The lowest BCUT2D eigenvalue weighted by molar-refractivity contribution is -0.385. The number of hydrogen-bond donors (Lipinski definition) is 1. The van der Waals surface area contributed by atoms with Gasteiger partial charge in [0.1, 0.15) is 6.04 Å². The molecule has 0 radical (unpaired) electrons. The Labute approximate surface area is 94.8 Å². The van der Waals surface area contributed by atoms with Gasteiger partial charge in [-0.25, -0.2) is 0 Å². The summed E-state index contributed by atoms with van der Waals surface area (Å²) in [5.74, 6) is 0. The topological polar surface area (TPSA) is 69.2 Å². The van der Waals surface area contributed by atoms with Gasteiger partial charge < -0.3 is 5.73 Å². The largest absolute Gasteiger partial charge is 0.407 e. The SMILES string of the molecule is Cl.N[C@H](c1cccc([N+](=O)[O-])c1)C(F)(F)F. The van der Waals surface area contributed by atoms with Gasteiger partial charge in [-0.15, -0.1) is 12.4 Å². The van der Waals surface area contributed by atoms with Crippen LogP contribution in [0.1, 0.15) is 11.6 Å². The molecule has 0 amide bonds. The first-order valence-electron chi connectivity index (χ1n) is 3.89. The van der Waals surface area contributed by atoms with Gasteiger partial charge in [-0.2, -0.15) is 13.2 Å². The predicted molar refractivity (Wildman–Crippen MR) is 53.3 cm³/mol. The van der Waals surface area contributed by atoms with Gasteiger partial charge in [0.05, 0.1) is 4.92 Å². The molecule has 0 unspecified atom stereocenters. The molecule has 0 fully saturated rings. The third kappa shape index (κ3) is 3.35. The summed E-state index contributed by atoms with van der Waals surface area (Å²) in [5.41, 5.74) is 4.16. The van der Waals surface area contributed by atoms with Crippen LogP contribution in [0.25, 0.3) is 0 Å². The number of nitrogens with zero attached hydrogens (tertiary/aromatic N) is 1. The minimum Gasteiger partial charge on any atom is -0.316 e. The fourth-order valence-electron chi connectivity index (χ4n) is 1.02. The van der Waals surface area contributed by atoms with Crippen molar-refractivity contribution in [3.05, 3.63) is 39.9 Å². The smallest absolute Gasteiger partial charge is 0.316 e. The molecule has 0 aliphatic heterocycles. The van der Waals surface area contributed by atoms with E-state index in [2.05, 4.69) is 0 Å². The first kappa shape index (κ1) is 14.7. The second kappa shape index (κ2) is 5.13. The molecule has 0 spiro atoms. The number of benzene rings is 1. The highest BCUT2D eigenvalue weighted by Gasteiger charge is 2.38. The van der Waals surface area contributed by atoms with Gasteiger partial charge >= 0.3 is 6.18 Å². The van der Waals surface area contributed by atoms with Crippen molar-refractivity contribution in [2.75, 3.05) is 0 Å². The number of nitro groups is 1. The lowest BCUT2D eigenvalue weighted by Crippen LogP contribution is -2.28. The molecule has 2 N–H and O–H groups in total. The van der Waals surface area contributed by atoms with E-state index in [1.54, 1.807) is 0 Å². The standard InChI is InChI=1S/C8H7F3N2O2.ClH/c9-8(10,11)7(12)5-2-1-3-6(4-5)13(14)15;/h1-4,7H,12H2;1H/t7-;/m1./s1. The second-order valence-electron chi connectivity index (χ2n) is 2.87. The maximum absolute atomic E-state index is 12.2. The van der Waals surface area contributed by atoms with E-state index >= 15 is 0 Å². The van der Waals surface area contributed by atoms with E-state index in [0.717, 1.165) is 18.2 Å². The average Bonchev–Trinajstić information content (AvgIpc) is 2.15. The fraction of sp³-hybridized carbons (Fsp3) is 0.250. The second-order valence-corrected chi connectivity index (χ2v) is 2.87. The fourth-order valence-corrected chi connectivity index (χ4v) is 1.02. The van der Waals surface area contributed by atoms with Crippen LogP contribution in [-0.2, 0) is 0 Å². The van der Waals surface area contributed by atoms with Gasteiger partial charge in [0, 0.05) is 12.1 Å². The zero-order valence-electron chi connectivity index (χ0n) is 7.77. The third-order valence-corrected chi connectivity index (χ3v) is 1.79. The van der Waals surface area contributed by atoms with E-state index in [4.69, 9.17) is 5.73 Å². The van der Waals surface area contributed by atoms with Crippen molar-refractivity contribution in [2.24, 2.45) is 5.73 Å². The molecule has 0 heterocycles. The third-order valence-electron chi connectivity index (χ3n) is 1.79. The van der Waals surface area contributed by atoms with Crippen LogP contribution >= 0.6 is 12.4 Å². The molecular formula is C8H8ClF3N2O2. The molecule has 0 aliphatic rings. The summed E-state index contributed by atoms with van der Waals surface area (Å²) in [7, 11) is 0. The summed E-state index contributed by atoms with van der Waals surface area (Å²) in [6.07, 6.45) is -4.60. The first-order chi connectivity index (χ1) is 6.82. The number of alkyl halides is 3. The van der Waals surface area contributed by atoms with E-state index < -0.39 is 22.8 Å². The van der Waals surface area contributed by atoms with Gasteiger partial charge in [0.15, 0.2) is 0 Å². The van der Waals surface area contributed by atoms with Gasteiger partial charge in [0.25, 0.3) is 5.69 Å².